The van der Waals surface area contributed by atoms with Crippen molar-refractivity contribution in [1.82, 2.24) is 9.78 Å². The maximum absolute atomic E-state index is 13.1. The van der Waals surface area contributed by atoms with E-state index >= 15 is 0 Å². The lowest BCUT2D eigenvalue weighted by atomic mass is 10.2. The number of amides is 1. The van der Waals surface area contributed by atoms with E-state index < -0.39 is 17.3 Å². The molecule has 3 rings (SSSR count). The van der Waals surface area contributed by atoms with Gasteiger partial charge in [0.15, 0.2) is 11.4 Å². The lowest BCUT2D eigenvalue weighted by Gasteiger charge is -2.13. The molecule has 0 bridgehead atoms. The number of rotatable bonds is 4. The van der Waals surface area contributed by atoms with Gasteiger partial charge in [-0.3, -0.25) is 9.59 Å². The Labute approximate surface area is 159 Å². The Kier molecular flexibility index (Phi) is 5.23. The molecule has 0 saturated heterocycles. The molecule has 0 fully saturated rings. The van der Waals surface area contributed by atoms with E-state index in [9.17, 15) is 14.0 Å². The number of ether oxygens (including phenoxy) is 1. The fourth-order valence-corrected chi connectivity index (χ4v) is 2.62. The second-order valence-electron chi connectivity index (χ2n) is 5.65. The molecule has 0 aliphatic heterocycles. The molecule has 0 aliphatic carbocycles. The SMILES string of the molecule is COc1cc(=O)n(-c2ccc(F)cc2)nc1C(=O)Nc1cccc(Cl)c1C. The van der Waals surface area contributed by atoms with E-state index in [2.05, 4.69) is 10.4 Å². The van der Waals surface area contributed by atoms with Gasteiger partial charge in [-0.05, 0) is 48.9 Å². The van der Waals surface area contributed by atoms with Crippen molar-refractivity contribution >= 4 is 23.2 Å². The first-order valence-corrected chi connectivity index (χ1v) is 8.29. The van der Waals surface area contributed by atoms with Crippen molar-refractivity contribution in [2.24, 2.45) is 0 Å². The molecule has 8 heteroatoms. The zero-order valence-electron chi connectivity index (χ0n) is 14.5. The summed E-state index contributed by atoms with van der Waals surface area (Å²) in [6.07, 6.45) is 0. The Bertz CT molecular complexity index is 1060. The van der Waals surface area contributed by atoms with Gasteiger partial charge in [0, 0.05) is 10.7 Å². The summed E-state index contributed by atoms with van der Waals surface area (Å²) in [5.41, 5.74) is 0.904. The molecular formula is C19H15ClFN3O3. The minimum atomic E-state index is -0.576. The van der Waals surface area contributed by atoms with E-state index in [1.807, 2.05) is 0 Å². The molecule has 3 aromatic rings. The normalized spacial score (nSPS) is 10.5. The van der Waals surface area contributed by atoms with Crippen LogP contribution in [0.3, 0.4) is 0 Å². The van der Waals surface area contributed by atoms with Gasteiger partial charge in [0.25, 0.3) is 11.5 Å². The van der Waals surface area contributed by atoms with Crippen LogP contribution in [0.1, 0.15) is 16.1 Å². The van der Waals surface area contributed by atoms with Gasteiger partial charge in [-0.25, -0.2) is 4.39 Å². The Morgan fingerprint density at radius 1 is 1.22 bits per heavy atom. The quantitative estimate of drug-likeness (QED) is 0.742. The summed E-state index contributed by atoms with van der Waals surface area (Å²) in [6.45, 7) is 1.77. The Balaban J connectivity index is 2.04. The highest BCUT2D eigenvalue weighted by atomic mass is 35.5. The highest BCUT2D eigenvalue weighted by molar-refractivity contribution is 6.31. The molecule has 0 spiro atoms. The van der Waals surface area contributed by atoms with Gasteiger partial charge in [0.05, 0.1) is 18.9 Å². The predicted molar refractivity (Wildman–Crippen MR) is 100 cm³/mol. The number of anilines is 1. The van der Waals surface area contributed by atoms with Gasteiger partial charge in [-0.15, -0.1) is 0 Å². The molecule has 0 radical (unpaired) electrons. The third kappa shape index (κ3) is 3.83. The van der Waals surface area contributed by atoms with Gasteiger partial charge in [0.1, 0.15) is 5.82 Å². The number of carbonyl (C=O) groups excluding carboxylic acids is 1. The third-order valence-electron chi connectivity index (χ3n) is 3.92. The molecule has 0 saturated carbocycles. The van der Waals surface area contributed by atoms with Crippen LogP contribution < -0.4 is 15.6 Å². The van der Waals surface area contributed by atoms with Crippen LogP contribution in [-0.4, -0.2) is 22.8 Å². The summed E-state index contributed by atoms with van der Waals surface area (Å²) in [6, 6.07) is 11.4. The van der Waals surface area contributed by atoms with Crippen molar-refractivity contribution < 1.29 is 13.9 Å². The molecule has 0 unspecified atom stereocenters. The van der Waals surface area contributed by atoms with E-state index in [1.54, 1.807) is 25.1 Å². The average Bonchev–Trinajstić information content (AvgIpc) is 2.66. The van der Waals surface area contributed by atoms with Crippen molar-refractivity contribution in [2.75, 3.05) is 12.4 Å². The number of hydrogen-bond acceptors (Lipinski definition) is 4. The van der Waals surface area contributed by atoms with Crippen molar-refractivity contribution in [1.29, 1.82) is 0 Å². The maximum Gasteiger partial charge on any atom is 0.280 e. The van der Waals surface area contributed by atoms with Gasteiger partial charge in [-0.1, -0.05) is 17.7 Å². The molecule has 138 valence electrons. The number of nitrogens with one attached hydrogen (secondary N) is 1. The number of aromatic nitrogens is 2. The van der Waals surface area contributed by atoms with Gasteiger partial charge in [-0.2, -0.15) is 9.78 Å². The smallest absolute Gasteiger partial charge is 0.280 e. The standard InChI is InChI=1S/C19H15ClFN3O3/c1-11-14(20)4-3-5-15(11)22-19(26)18-16(27-2)10-17(25)24(23-18)13-8-6-12(21)7-9-13/h3-10H,1-2H3,(H,22,26). The molecular weight excluding hydrogens is 373 g/mol. The molecule has 1 amide bonds. The molecule has 1 heterocycles. The van der Waals surface area contributed by atoms with Crippen LogP contribution in [0, 0.1) is 12.7 Å². The first kappa shape index (κ1) is 18.6. The summed E-state index contributed by atoms with van der Waals surface area (Å²) >= 11 is 6.07. The molecule has 6 nitrogen and oxygen atoms in total. The molecule has 0 aliphatic rings. The largest absolute Gasteiger partial charge is 0.494 e. The molecule has 2 aromatic carbocycles. The second kappa shape index (κ2) is 7.59. The van der Waals surface area contributed by atoms with Gasteiger partial charge < -0.3 is 10.1 Å². The summed E-state index contributed by atoms with van der Waals surface area (Å²) in [7, 11) is 1.33. The summed E-state index contributed by atoms with van der Waals surface area (Å²) in [4.78, 5) is 25.0. The van der Waals surface area contributed by atoms with E-state index in [1.165, 1.54) is 31.4 Å². The third-order valence-corrected chi connectivity index (χ3v) is 4.33. The highest BCUT2D eigenvalue weighted by Gasteiger charge is 2.19. The van der Waals surface area contributed by atoms with Crippen molar-refractivity contribution in [3.05, 3.63) is 81.0 Å². The van der Waals surface area contributed by atoms with E-state index in [0.717, 1.165) is 10.7 Å². The Morgan fingerprint density at radius 2 is 1.93 bits per heavy atom. The number of hydrogen-bond donors (Lipinski definition) is 1. The van der Waals surface area contributed by atoms with Crippen LogP contribution in [0.5, 0.6) is 5.75 Å². The number of benzene rings is 2. The fraction of sp³-hybridized carbons (Fsp3) is 0.105. The van der Waals surface area contributed by atoms with E-state index in [0.29, 0.717) is 22.0 Å². The topological polar surface area (TPSA) is 73.2 Å². The summed E-state index contributed by atoms with van der Waals surface area (Å²) in [5.74, 6) is -1.00. The number of carbonyl (C=O) groups is 1. The second-order valence-corrected chi connectivity index (χ2v) is 6.06. The van der Waals surface area contributed by atoms with Crippen LogP contribution in [0.4, 0.5) is 10.1 Å². The zero-order valence-corrected chi connectivity index (χ0v) is 15.2. The first-order chi connectivity index (χ1) is 12.9. The van der Waals surface area contributed by atoms with Crippen molar-refractivity contribution in [2.45, 2.75) is 6.92 Å². The van der Waals surface area contributed by atoms with Crippen LogP contribution >= 0.6 is 11.6 Å². The van der Waals surface area contributed by atoms with Crippen LogP contribution in [0.2, 0.25) is 5.02 Å². The monoisotopic (exact) mass is 387 g/mol. The number of nitrogens with zero attached hydrogens (tertiary/aromatic N) is 2. The minimum Gasteiger partial charge on any atom is -0.494 e. The lowest BCUT2D eigenvalue weighted by Crippen LogP contribution is -2.26. The van der Waals surface area contributed by atoms with Gasteiger partial charge >= 0.3 is 0 Å². The highest BCUT2D eigenvalue weighted by Crippen LogP contribution is 2.24. The lowest BCUT2D eigenvalue weighted by molar-refractivity contribution is 0.101. The zero-order chi connectivity index (χ0) is 19.6. The van der Waals surface area contributed by atoms with Crippen LogP contribution in [0.15, 0.2) is 53.3 Å². The molecule has 1 N–H and O–H groups in total. The maximum atomic E-state index is 13.1. The fourth-order valence-electron chi connectivity index (χ4n) is 2.44. The number of methoxy groups -OCH3 is 1. The van der Waals surface area contributed by atoms with Crippen LogP contribution in [-0.2, 0) is 0 Å². The molecule has 0 atom stereocenters. The molecule has 27 heavy (non-hydrogen) atoms. The predicted octanol–water partition coefficient (Wildman–Crippen LogP) is 3.59. The average molecular weight is 388 g/mol. The van der Waals surface area contributed by atoms with Crippen LogP contribution in [0.25, 0.3) is 5.69 Å². The minimum absolute atomic E-state index is 0.0237. The molecule has 1 aromatic heterocycles. The van der Waals surface area contributed by atoms with E-state index in [-0.39, 0.29) is 11.4 Å². The van der Waals surface area contributed by atoms with Crippen molar-refractivity contribution in [3.8, 4) is 11.4 Å². The number of halogens is 2. The Morgan fingerprint density at radius 3 is 2.59 bits per heavy atom. The Hall–Kier alpha value is -3.19. The first-order valence-electron chi connectivity index (χ1n) is 7.91. The van der Waals surface area contributed by atoms with Gasteiger partial charge in [0.2, 0.25) is 0 Å². The summed E-state index contributed by atoms with van der Waals surface area (Å²) < 4.78 is 19.3. The summed E-state index contributed by atoms with van der Waals surface area (Å²) in [5, 5.41) is 7.31. The van der Waals surface area contributed by atoms with Crippen molar-refractivity contribution in [3.63, 3.8) is 0 Å². The van der Waals surface area contributed by atoms with E-state index in [4.69, 9.17) is 16.3 Å².